The molecule has 0 saturated carbocycles. The zero-order valence-electron chi connectivity index (χ0n) is 7.72. The van der Waals surface area contributed by atoms with Gasteiger partial charge < -0.3 is 0 Å². The maximum absolute atomic E-state index is 11.0. The standard InChI is InChI=1S/C9H5Cl2NO2S2/c10-7-3-1-6(2-4-7)9-12-8(5-15-9)16(11,13)14/h1-5H. The smallest absolute Gasteiger partial charge is 0.223 e. The number of halogens is 2. The Hall–Kier alpha value is -0.620. The van der Waals surface area contributed by atoms with E-state index in [1.54, 1.807) is 24.3 Å². The third-order valence-corrected chi connectivity index (χ3v) is 4.30. The average Bonchev–Trinajstić information content (AvgIpc) is 2.67. The number of hydrogen-bond donors (Lipinski definition) is 0. The van der Waals surface area contributed by atoms with Gasteiger partial charge in [-0.15, -0.1) is 11.3 Å². The zero-order valence-corrected chi connectivity index (χ0v) is 10.9. The predicted octanol–water partition coefficient (Wildman–Crippen LogP) is 3.39. The molecule has 0 radical (unpaired) electrons. The maximum Gasteiger partial charge on any atom is 0.279 e. The SMILES string of the molecule is O=S(=O)(Cl)c1csc(-c2ccc(Cl)cc2)n1. The van der Waals surface area contributed by atoms with E-state index in [0.29, 0.717) is 10.0 Å². The van der Waals surface area contributed by atoms with Crippen molar-refractivity contribution in [2.24, 2.45) is 0 Å². The number of hydrogen-bond acceptors (Lipinski definition) is 4. The fourth-order valence-electron chi connectivity index (χ4n) is 1.10. The molecule has 0 spiro atoms. The molecule has 2 aromatic rings. The Balaban J connectivity index is 2.43. The minimum atomic E-state index is -3.75. The van der Waals surface area contributed by atoms with Gasteiger partial charge in [0.2, 0.25) is 0 Å². The molecule has 1 aromatic carbocycles. The van der Waals surface area contributed by atoms with Crippen LogP contribution in [0.25, 0.3) is 10.6 Å². The summed E-state index contributed by atoms with van der Waals surface area (Å²) < 4.78 is 22.0. The Labute approximate surface area is 106 Å². The van der Waals surface area contributed by atoms with Crippen LogP contribution in [0.3, 0.4) is 0 Å². The van der Waals surface area contributed by atoms with Gasteiger partial charge in [0.25, 0.3) is 9.05 Å². The summed E-state index contributed by atoms with van der Waals surface area (Å²) >= 11 is 6.96. The van der Waals surface area contributed by atoms with Crippen LogP contribution in [0.15, 0.2) is 34.7 Å². The molecule has 1 heterocycles. The molecule has 0 saturated heterocycles. The largest absolute Gasteiger partial charge is 0.279 e. The third kappa shape index (κ3) is 2.55. The molecule has 0 atom stereocenters. The summed E-state index contributed by atoms with van der Waals surface area (Å²) in [6.45, 7) is 0. The molecule has 16 heavy (non-hydrogen) atoms. The van der Waals surface area contributed by atoms with Crippen LogP contribution in [0.1, 0.15) is 0 Å². The van der Waals surface area contributed by atoms with Gasteiger partial charge >= 0.3 is 0 Å². The highest BCUT2D eigenvalue weighted by molar-refractivity contribution is 8.13. The second-order valence-electron chi connectivity index (χ2n) is 2.94. The minimum absolute atomic E-state index is 0.121. The Kier molecular flexibility index (Phi) is 3.21. The summed E-state index contributed by atoms with van der Waals surface area (Å²) in [5.41, 5.74) is 0.806. The quantitative estimate of drug-likeness (QED) is 0.798. The van der Waals surface area contributed by atoms with Gasteiger partial charge in [-0.3, -0.25) is 0 Å². The van der Waals surface area contributed by atoms with Gasteiger partial charge in [0.05, 0.1) is 0 Å². The van der Waals surface area contributed by atoms with E-state index in [9.17, 15) is 8.42 Å². The Bertz CT molecular complexity index is 605. The molecule has 7 heteroatoms. The van der Waals surface area contributed by atoms with Crippen LogP contribution in [-0.4, -0.2) is 13.4 Å². The van der Waals surface area contributed by atoms with Crippen LogP contribution in [0.2, 0.25) is 5.02 Å². The van der Waals surface area contributed by atoms with Crippen molar-refractivity contribution in [3.63, 3.8) is 0 Å². The molecule has 0 unspecified atom stereocenters. The number of rotatable bonds is 2. The van der Waals surface area contributed by atoms with E-state index in [1.807, 2.05) is 0 Å². The van der Waals surface area contributed by atoms with E-state index < -0.39 is 9.05 Å². The highest BCUT2D eigenvalue weighted by atomic mass is 35.7. The molecular weight excluding hydrogens is 289 g/mol. The molecule has 0 amide bonds. The number of nitrogens with zero attached hydrogens (tertiary/aromatic N) is 1. The summed E-state index contributed by atoms with van der Waals surface area (Å²) in [5.74, 6) is 0. The Morgan fingerprint density at radius 2 is 1.81 bits per heavy atom. The van der Waals surface area contributed by atoms with Crippen molar-refractivity contribution in [3.8, 4) is 10.6 Å². The lowest BCUT2D eigenvalue weighted by Gasteiger charge is -1.95. The zero-order chi connectivity index (χ0) is 11.8. The summed E-state index contributed by atoms with van der Waals surface area (Å²) in [7, 11) is 1.43. The van der Waals surface area contributed by atoms with Crippen molar-refractivity contribution in [3.05, 3.63) is 34.7 Å². The minimum Gasteiger partial charge on any atom is -0.223 e. The highest BCUT2D eigenvalue weighted by Gasteiger charge is 2.15. The Morgan fingerprint density at radius 3 is 2.31 bits per heavy atom. The molecule has 0 aliphatic carbocycles. The average molecular weight is 294 g/mol. The molecule has 0 aliphatic rings. The van der Waals surface area contributed by atoms with Gasteiger partial charge in [-0.05, 0) is 12.1 Å². The summed E-state index contributed by atoms with van der Waals surface area (Å²) in [6, 6.07) is 6.97. The van der Waals surface area contributed by atoms with Gasteiger partial charge in [-0.1, -0.05) is 23.7 Å². The van der Waals surface area contributed by atoms with Crippen LogP contribution in [0.5, 0.6) is 0 Å². The molecule has 1 aromatic heterocycles. The number of thiazole rings is 1. The number of aromatic nitrogens is 1. The second-order valence-corrected chi connectivity index (χ2v) is 6.74. The predicted molar refractivity (Wildman–Crippen MR) is 65.6 cm³/mol. The van der Waals surface area contributed by atoms with Crippen molar-refractivity contribution in [2.45, 2.75) is 5.03 Å². The first-order valence-electron chi connectivity index (χ1n) is 4.13. The van der Waals surface area contributed by atoms with Crippen molar-refractivity contribution in [1.29, 1.82) is 0 Å². The molecule has 0 bridgehead atoms. The number of benzene rings is 1. The Morgan fingerprint density at radius 1 is 1.19 bits per heavy atom. The lowest BCUT2D eigenvalue weighted by atomic mass is 10.2. The van der Waals surface area contributed by atoms with Crippen molar-refractivity contribution >= 4 is 42.7 Å². The third-order valence-electron chi connectivity index (χ3n) is 1.82. The molecule has 2 rings (SSSR count). The van der Waals surface area contributed by atoms with E-state index in [0.717, 1.165) is 5.56 Å². The summed E-state index contributed by atoms with van der Waals surface area (Å²) in [5, 5.41) is 2.50. The van der Waals surface area contributed by atoms with Gasteiger partial charge in [0.15, 0.2) is 5.03 Å². The molecular formula is C9H5Cl2NO2S2. The van der Waals surface area contributed by atoms with Crippen LogP contribution < -0.4 is 0 Å². The van der Waals surface area contributed by atoms with Crippen LogP contribution in [-0.2, 0) is 9.05 Å². The highest BCUT2D eigenvalue weighted by Crippen LogP contribution is 2.27. The molecule has 84 valence electrons. The lowest BCUT2D eigenvalue weighted by Crippen LogP contribution is -1.90. The van der Waals surface area contributed by atoms with Crippen molar-refractivity contribution in [1.82, 2.24) is 4.98 Å². The molecule has 0 aliphatic heterocycles. The lowest BCUT2D eigenvalue weighted by molar-refractivity contribution is 0.607. The monoisotopic (exact) mass is 293 g/mol. The normalized spacial score (nSPS) is 11.6. The first kappa shape index (κ1) is 11.9. The van der Waals surface area contributed by atoms with Crippen molar-refractivity contribution < 1.29 is 8.42 Å². The summed E-state index contributed by atoms with van der Waals surface area (Å²) in [4.78, 5) is 3.94. The van der Waals surface area contributed by atoms with Gasteiger partial charge in [0.1, 0.15) is 5.01 Å². The van der Waals surface area contributed by atoms with Gasteiger partial charge in [-0.25, -0.2) is 13.4 Å². The fourth-order valence-corrected chi connectivity index (χ4v) is 3.20. The first-order chi connectivity index (χ1) is 7.47. The van der Waals surface area contributed by atoms with Crippen LogP contribution >= 0.6 is 33.6 Å². The van der Waals surface area contributed by atoms with Crippen LogP contribution in [0.4, 0.5) is 0 Å². The first-order valence-corrected chi connectivity index (χ1v) is 7.69. The van der Waals surface area contributed by atoms with Gasteiger partial charge in [-0.2, -0.15) is 0 Å². The fraction of sp³-hybridized carbons (Fsp3) is 0. The van der Waals surface area contributed by atoms with E-state index in [-0.39, 0.29) is 5.03 Å². The van der Waals surface area contributed by atoms with E-state index >= 15 is 0 Å². The molecule has 0 N–H and O–H groups in total. The summed E-state index contributed by atoms with van der Waals surface area (Å²) in [6.07, 6.45) is 0. The van der Waals surface area contributed by atoms with Gasteiger partial charge in [0, 0.05) is 26.6 Å². The van der Waals surface area contributed by atoms with Crippen LogP contribution in [0, 0.1) is 0 Å². The second kappa shape index (κ2) is 4.33. The molecule has 0 fully saturated rings. The van der Waals surface area contributed by atoms with E-state index in [4.69, 9.17) is 22.3 Å². The maximum atomic E-state index is 11.0. The van der Waals surface area contributed by atoms with E-state index in [1.165, 1.54) is 16.7 Å². The molecule has 3 nitrogen and oxygen atoms in total. The van der Waals surface area contributed by atoms with E-state index in [2.05, 4.69) is 4.98 Å². The topological polar surface area (TPSA) is 47.0 Å². The van der Waals surface area contributed by atoms with Crippen molar-refractivity contribution in [2.75, 3.05) is 0 Å².